The highest BCUT2D eigenvalue weighted by molar-refractivity contribution is 7.89. The zero-order valence-electron chi connectivity index (χ0n) is 12.5. The molecule has 0 spiro atoms. The molecular formula is C13H19F3N2O3S. The van der Waals surface area contributed by atoms with Gasteiger partial charge >= 0.3 is 6.61 Å². The predicted octanol–water partition coefficient (Wildman–Crippen LogP) is 2.03. The summed E-state index contributed by atoms with van der Waals surface area (Å²) in [5, 5.41) is 0. The van der Waals surface area contributed by atoms with Crippen LogP contribution in [0.5, 0.6) is 5.75 Å². The molecule has 0 aliphatic heterocycles. The fourth-order valence-electron chi connectivity index (χ4n) is 1.77. The van der Waals surface area contributed by atoms with Gasteiger partial charge in [0.1, 0.15) is 0 Å². The molecular weight excluding hydrogens is 321 g/mol. The van der Waals surface area contributed by atoms with E-state index in [1.807, 2.05) is 0 Å². The Hall–Kier alpha value is -1.32. The first-order chi connectivity index (χ1) is 9.99. The molecule has 0 saturated carbocycles. The van der Waals surface area contributed by atoms with Gasteiger partial charge in [-0.2, -0.15) is 8.78 Å². The number of alkyl halides is 2. The third-order valence-corrected chi connectivity index (χ3v) is 4.83. The summed E-state index contributed by atoms with van der Waals surface area (Å²) in [6, 6.07) is 2.53. The number of ether oxygens (including phenoxy) is 1. The minimum absolute atomic E-state index is 0.128. The van der Waals surface area contributed by atoms with Crippen LogP contribution in [0.15, 0.2) is 23.1 Å². The topological polar surface area (TPSA) is 72.6 Å². The molecule has 0 atom stereocenters. The third kappa shape index (κ3) is 4.59. The molecule has 0 saturated heterocycles. The van der Waals surface area contributed by atoms with E-state index >= 15 is 0 Å². The van der Waals surface area contributed by atoms with Crippen molar-refractivity contribution in [2.45, 2.75) is 25.4 Å². The molecule has 0 heterocycles. The lowest BCUT2D eigenvalue weighted by Gasteiger charge is -2.28. The monoisotopic (exact) mass is 340 g/mol. The maximum atomic E-state index is 13.6. The molecule has 0 amide bonds. The zero-order valence-corrected chi connectivity index (χ0v) is 13.3. The van der Waals surface area contributed by atoms with E-state index in [1.165, 1.54) is 7.05 Å². The van der Waals surface area contributed by atoms with Gasteiger partial charge in [0.2, 0.25) is 10.0 Å². The predicted molar refractivity (Wildman–Crippen MR) is 75.7 cm³/mol. The van der Waals surface area contributed by atoms with Crippen LogP contribution in [0.3, 0.4) is 0 Å². The van der Waals surface area contributed by atoms with Gasteiger partial charge in [0.05, 0.1) is 4.90 Å². The van der Waals surface area contributed by atoms with Crippen LogP contribution in [0.4, 0.5) is 13.2 Å². The lowest BCUT2D eigenvalue weighted by Crippen LogP contribution is -2.39. The second-order valence-corrected chi connectivity index (χ2v) is 7.65. The van der Waals surface area contributed by atoms with E-state index in [9.17, 15) is 21.6 Å². The number of halogens is 3. The van der Waals surface area contributed by atoms with Crippen molar-refractivity contribution in [3.63, 3.8) is 0 Å². The summed E-state index contributed by atoms with van der Waals surface area (Å²) in [6.45, 7) is 0.786. The lowest BCUT2D eigenvalue weighted by molar-refractivity contribution is -0.0522. The van der Waals surface area contributed by atoms with Gasteiger partial charge in [0.25, 0.3) is 0 Å². The summed E-state index contributed by atoms with van der Waals surface area (Å²) in [7, 11) is -2.61. The third-order valence-electron chi connectivity index (χ3n) is 3.03. The second kappa shape index (κ2) is 6.84. The molecule has 126 valence electrons. The Kier molecular flexibility index (Phi) is 5.82. The summed E-state index contributed by atoms with van der Waals surface area (Å²) in [5.41, 5.74) is 5.10. The van der Waals surface area contributed by atoms with E-state index in [1.54, 1.807) is 13.8 Å². The van der Waals surface area contributed by atoms with Crippen molar-refractivity contribution in [3.8, 4) is 5.75 Å². The fraction of sp³-hybridized carbons (Fsp3) is 0.538. The molecule has 9 heteroatoms. The first-order valence-corrected chi connectivity index (χ1v) is 7.84. The molecule has 5 nitrogen and oxygen atoms in total. The normalized spacial score (nSPS) is 13.0. The number of hydrogen-bond acceptors (Lipinski definition) is 4. The number of nitrogens with zero attached hydrogens (tertiary/aromatic N) is 1. The molecule has 1 aromatic carbocycles. The van der Waals surface area contributed by atoms with Gasteiger partial charge in [-0.15, -0.1) is 0 Å². The molecule has 0 fully saturated rings. The van der Waals surface area contributed by atoms with Crippen LogP contribution < -0.4 is 10.5 Å². The van der Waals surface area contributed by atoms with Crippen molar-refractivity contribution in [2.75, 3.05) is 20.1 Å². The smallest absolute Gasteiger partial charge is 0.387 e. The van der Waals surface area contributed by atoms with Crippen LogP contribution in [-0.4, -0.2) is 39.5 Å². The quantitative estimate of drug-likeness (QED) is 0.824. The molecule has 0 aliphatic carbocycles. The van der Waals surface area contributed by atoms with E-state index in [2.05, 4.69) is 4.74 Å². The van der Waals surface area contributed by atoms with Crippen LogP contribution in [0.25, 0.3) is 0 Å². The van der Waals surface area contributed by atoms with Gasteiger partial charge in [0, 0.05) is 13.6 Å². The van der Waals surface area contributed by atoms with Crippen molar-refractivity contribution in [3.05, 3.63) is 24.0 Å². The molecule has 0 bridgehead atoms. The summed E-state index contributed by atoms with van der Waals surface area (Å²) in [5.74, 6) is -1.88. The van der Waals surface area contributed by atoms with E-state index in [0.717, 1.165) is 16.4 Å². The first-order valence-electron chi connectivity index (χ1n) is 6.40. The second-order valence-electron chi connectivity index (χ2n) is 5.60. The van der Waals surface area contributed by atoms with Crippen molar-refractivity contribution in [1.29, 1.82) is 0 Å². The van der Waals surface area contributed by atoms with Gasteiger partial charge in [-0.25, -0.2) is 17.1 Å². The Labute approximate surface area is 127 Å². The van der Waals surface area contributed by atoms with E-state index in [0.29, 0.717) is 6.07 Å². The minimum Gasteiger partial charge on any atom is -0.432 e. The van der Waals surface area contributed by atoms with Crippen LogP contribution in [0.2, 0.25) is 0 Å². The van der Waals surface area contributed by atoms with Crippen molar-refractivity contribution < 1.29 is 26.3 Å². The molecule has 0 aromatic heterocycles. The van der Waals surface area contributed by atoms with Crippen molar-refractivity contribution in [2.24, 2.45) is 11.1 Å². The highest BCUT2D eigenvalue weighted by Gasteiger charge is 2.28. The fourth-order valence-corrected chi connectivity index (χ4v) is 3.14. The van der Waals surface area contributed by atoms with Crippen LogP contribution in [-0.2, 0) is 10.0 Å². The van der Waals surface area contributed by atoms with Gasteiger partial charge in [-0.1, -0.05) is 13.8 Å². The SMILES string of the molecule is CN(CC(C)(C)CN)S(=O)(=O)c1ccc(OC(F)F)c(F)c1. The maximum Gasteiger partial charge on any atom is 0.387 e. The van der Waals surface area contributed by atoms with Crippen LogP contribution in [0, 0.1) is 11.2 Å². The molecule has 0 aliphatic rings. The van der Waals surface area contributed by atoms with Gasteiger partial charge in [0.15, 0.2) is 11.6 Å². The van der Waals surface area contributed by atoms with Crippen LogP contribution in [0.1, 0.15) is 13.8 Å². The Bertz CT molecular complexity index is 621. The molecule has 1 rings (SSSR count). The standard InChI is InChI=1S/C13H19F3N2O3S/c1-13(2,7-17)8-18(3)22(19,20)9-4-5-11(10(14)6-9)21-12(15)16/h4-6,12H,7-8,17H2,1-3H3. The maximum absolute atomic E-state index is 13.6. The number of rotatable bonds is 7. The van der Waals surface area contributed by atoms with Gasteiger partial charge in [-0.3, -0.25) is 0 Å². The molecule has 0 unspecified atom stereocenters. The minimum atomic E-state index is -3.96. The van der Waals surface area contributed by atoms with Crippen LogP contribution >= 0.6 is 0 Å². The summed E-state index contributed by atoms with van der Waals surface area (Å²) < 4.78 is 67.4. The van der Waals surface area contributed by atoms with Crippen molar-refractivity contribution >= 4 is 10.0 Å². The molecule has 2 N–H and O–H groups in total. The zero-order chi connectivity index (χ0) is 17.1. The van der Waals surface area contributed by atoms with Crippen molar-refractivity contribution in [1.82, 2.24) is 4.31 Å². The van der Waals surface area contributed by atoms with E-state index in [4.69, 9.17) is 5.73 Å². The van der Waals surface area contributed by atoms with E-state index < -0.39 is 33.6 Å². The number of hydrogen-bond donors (Lipinski definition) is 1. The Morgan fingerprint density at radius 3 is 2.41 bits per heavy atom. The molecule has 0 radical (unpaired) electrons. The highest BCUT2D eigenvalue weighted by atomic mass is 32.2. The number of benzene rings is 1. The molecule has 22 heavy (non-hydrogen) atoms. The van der Waals surface area contributed by atoms with Gasteiger partial charge in [-0.05, 0) is 30.2 Å². The summed E-state index contributed by atoms with van der Waals surface area (Å²) in [6.07, 6.45) is 0. The Balaban J connectivity index is 3.06. The lowest BCUT2D eigenvalue weighted by atomic mass is 9.94. The Morgan fingerprint density at radius 1 is 1.36 bits per heavy atom. The number of nitrogens with two attached hydrogens (primary N) is 1. The summed E-state index contributed by atoms with van der Waals surface area (Å²) in [4.78, 5) is -0.345. The highest BCUT2D eigenvalue weighted by Crippen LogP contribution is 2.25. The average Bonchev–Trinajstić information content (AvgIpc) is 2.40. The first kappa shape index (κ1) is 18.7. The average molecular weight is 340 g/mol. The molecule has 1 aromatic rings. The largest absolute Gasteiger partial charge is 0.432 e. The summed E-state index contributed by atoms with van der Waals surface area (Å²) >= 11 is 0. The van der Waals surface area contributed by atoms with Gasteiger partial charge < -0.3 is 10.5 Å². The number of sulfonamides is 1. The van der Waals surface area contributed by atoms with E-state index in [-0.39, 0.29) is 18.0 Å². The Morgan fingerprint density at radius 2 is 1.95 bits per heavy atom.